The van der Waals surface area contributed by atoms with Gasteiger partial charge in [-0.3, -0.25) is 4.90 Å². The summed E-state index contributed by atoms with van der Waals surface area (Å²) in [6.45, 7) is 2.27. The summed E-state index contributed by atoms with van der Waals surface area (Å²) >= 11 is 6.18. The topological polar surface area (TPSA) is 23.5 Å². The van der Waals surface area contributed by atoms with E-state index in [1.807, 2.05) is 24.3 Å². The summed E-state index contributed by atoms with van der Waals surface area (Å²) in [5.41, 5.74) is 1.05. The van der Waals surface area contributed by atoms with Crippen molar-refractivity contribution in [1.82, 2.24) is 4.90 Å². The van der Waals surface area contributed by atoms with Gasteiger partial charge in [0, 0.05) is 5.02 Å². The number of piperidine rings is 1. The van der Waals surface area contributed by atoms with E-state index in [9.17, 15) is 5.11 Å². The van der Waals surface area contributed by atoms with Crippen molar-refractivity contribution in [3.63, 3.8) is 0 Å². The Morgan fingerprint density at radius 3 is 2.50 bits per heavy atom. The van der Waals surface area contributed by atoms with Crippen molar-refractivity contribution in [2.24, 2.45) is 0 Å². The van der Waals surface area contributed by atoms with Crippen molar-refractivity contribution in [2.75, 3.05) is 19.7 Å². The standard InChI is InChI=1S/C13H18ClNO/c14-12-7-3-2-6-11(12)13(10-16)15-8-4-1-5-9-15/h2-3,6-7,13,16H,1,4-5,8-10H2/t13-/m0/s1. The number of benzene rings is 1. The van der Waals surface area contributed by atoms with Gasteiger partial charge in [-0.05, 0) is 37.6 Å². The van der Waals surface area contributed by atoms with Crippen LogP contribution >= 0.6 is 11.6 Å². The zero-order chi connectivity index (χ0) is 11.4. The van der Waals surface area contributed by atoms with Gasteiger partial charge in [0.15, 0.2) is 0 Å². The van der Waals surface area contributed by atoms with Crippen LogP contribution in [0, 0.1) is 0 Å². The Hall–Kier alpha value is -0.570. The van der Waals surface area contributed by atoms with Crippen LogP contribution in [0.15, 0.2) is 24.3 Å². The van der Waals surface area contributed by atoms with Gasteiger partial charge in [0.25, 0.3) is 0 Å². The first-order chi connectivity index (χ1) is 7.83. The van der Waals surface area contributed by atoms with Crippen molar-refractivity contribution >= 4 is 11.6 Å². The molecular formula is C13H18ClNO. The van der Waals surface area contributed by atoms with Crippen molar-refractivity contribution in [1.29, 1.82) is 0 Å². The van der Waals surface area contributed by atoms with Crippen LogP contribution in [0.5, 0.6) is 0 Å². The Morgan fingerprint density at radius 1 is 1.19 bits per heavy atom. The van der Waals surface area contributed by atoms with Gasteiger partial charge in [-0.15, -0.1) is 0 Å². The second kappa shape index (κ2) is 5.67. The van der Waals surface area contributed by atoms with E-state index in [2.05, 4.69) is 4.90 Å². The largest absolute Gasteiger partial charge is 0.394 e. The summed E-state index contributed by atoms with van der Waals surface area (Å²) < 4.78 is 0. The van der Waals surface area contributed by atoms with Crippen LogP contribution in [0.2, 0.25) is 5.02 Å². The van der Waals surface area contributed by atoms with E-state index in [0.717, 1.165) is 23.7 Å². The molecule has 1 atom stereocenters. The Kier molecular flexibility index (Phi) is 4.22. The first-order valence-corrected chi connectivity index (χ1v) is 6.30. The quantitative estimate of drug-likeness (QED) is 0.877. The van der Waals surface area contributed by atoms with Crippen molar-refractivity contribution in [3.05, 3.63) is 34.9 Å². The predicted molar refractivity (Wildman–Crippen MR) is 66.7 cm³/mol. The number of hydrogen-bond acceptors (Lipinski definition) is 2. The fourth-order valence-corrected chi connectivity index (χ4v) is 2.65. The van der Waals surface area contributed by atoms with Crippen LogP contribution in [0.4, 0.5) is 0 Å². The van der Waals surface area contributed by atoms with Crippen molar-refractivity contribution in [3.8, 4) is 0 Å². The molecule has 0 saturated carbocycles. The molecule has 2 rings (SSSR count). The molecule has 2 nitrogen and oxygen atoms in total. The van der Waals surface area contributed by atoms with Gasteiger partial charge in [0.05, 0.1) is 12.6 Å². The van der Waals surface area contributed by atoms with Crippen molar-refractivity contribution < 1.29 is 5.11 Å². The lowest BCUT2D eigenvalue weighted by Crippen LogP contribution is -2.35. The molecule has 1 heterocycles. The maximum absolute atomic E-state index is 9.56. The lowest BCUT2D eigenvalue weighted by atomic mass is 10.0. The number of rotatable bonds is 3. The lowest BCUT2D eigenvalue weighted by Gasteiger charge is -2.34. The molecule has 0 aromatic heterocycles. The SMILES string of the molecule is OC[C@@H](c1ccccc1Cl)N1CCCCC1. The van der Waals surface area contributed by atoms with Gasteiger partial charge in [-0.2, -0.15) is 0 Å². The van der Waals surface area contributed by atoms with Crippen LogP contribution in [-0.4, -0.2) is 29.7 Å². The van der Waals surface area contributed by atoms with Gasteiger partial charge in [-0.25, -0.2) is 0 Å². The van der Waals surface area contributed by atoms with E-state index in [4.69, 9.17) is 11.6 Å². The molecular weight excluding hydrogens is 222 g/mol. The van der Waals surface area contributed by atoms with Crippen LogP contribution < -0.4 is 0 Å². The molecule has 0 aliphatic carbocycles. The second-order valence-corrected chi connectivity index (χ2v) is 4.72. The molecule has 1 aromatic carbocycles. The van der Waals surface area contributed by atoms with Gasteiger partial charge in [0.1, 0.15) is 0 Å². The van der Waals surface area contributed by atoms with Gasteiger partial charge >= 0.3 is 0 Å². The summed E-state index contributed by atoms with van der Waals surface area (Å²) in [5, 5.41) is 10.3. The van der Waals surface area contributed by atoms with Crippen LogP contribution in [0.3, 0.4) is 0 Å². The number of likely N-dealkylation sites (tertiary alicyclic amines) is 1. The molecule has 0 spiro atoms. The number of nitrogens with zero attached hydrogens (tertiary/aromatic N) is 1. The minimum atomic E-state index is 0.0639. The van der Waals surface area contributed by atoms with Gasteiger partial charge in [-0.1, -0.05) is 36.2 Å². The zero-order valence-electron chi connectivity index (χ0n) is 9.40. The van der Waals surface area contributed by atoms with E-state index in [1.54, 1.807) is 0 Å². The van der Waals surface area contributed by atoms with E-state index < -0.39 is 0 Å². The molecule has 1 fully saturated rings. The minimum absolute atomic E-state index is 0.0639. The predicted octanol–water partition coefficient (Wildman–Crippen LogP) is 2.86. The van der Waals surface area contributed by atoms with Crippen molar-refractivity contribution in [2.45, 2.75) is 25.3 Å². The fraction of sp³-hybridized carbons (Fsp3) is 0.538. The van der Waals surface area contributed by atoms with Crippen LogP contribution in [-0.2, 0) is 0 Å². The third kappa shape index (κ3) is 2.57. The fourth-order valence-electron chi connectivity index (χ4n) is 2.39. The summed E-state index contributed by atoms with van der Waals surface area (Å²) in [6.07, 6.45) is 3.75. The highest BCUT2D eigenvalue weighted by atomic mass is 35.5. The molecule has 0 bridgehead atoms. The van der Waals surface area contributed by atoms with E-state index in [1.165, 1.54) is 19.3 Å². The normalized spacial score (nSPS) is 19.6. The third-order valence-corrected chi connectivity index (χ3v) is 3.61. The summed E-state index contributed by atoms with van der Waals surface area (Å²) in [5.74, 6) is 0. The first kappa shape index (κ1) is 11.9. The highest BCUT2D eigenvalue weighted by Gasteiger charge is 2.22. The molecule has 3 heteroatoms. The minimum Gasteiger partial charge on any atom is -0.394 e. The molecule has 88 valence electrons. The molecule has 0 amide bonds. The number of aliphatic hydroxyl groups is 1. The van der Waals surface area contributed by atoms with E-state index in [0.29, 0.717) is 0 Å². The number of hydrogen-bond donors (Lipinski definition) is 1. The summed E-state index contributed by atoms with van der Waals surface area (Å²) in [4.78, 5) is 2.34. The lowest BCUT2D eigenvalue weighted by molar-refractivity contribution is 0.104. The highest BCUT2D eigenvalue weighted by molar-refractivity contribution is 6.31. The molecule has 1 N–H and O–H groups in total. The molecule has 1 aromatic rings. The van der Waals surface area contributed by atoms with E-state index in [-0.39, 0.29) is 12.6 Å². The van der Waals surface area contributed by atoms with Crippen LogP contribution in [0.1, 0.15) is 30.9 Å². The second-order valence-electron chi connectivity index (χ2n) is 4.32. The van der Waals surface area contributed by atoms with Gasteiger partial charge < -0.3 is 5.11 Å². The Labute approximate surface area is 102 Å². The Morgan fingerprint density at radius 2 is 1.88 bits per heavy atom. The van der Waals surface area contributed by atoms with Crippen LogP contribution in [0.25, 0.3) is 0 Å². The average molecular weight is 240 g/mol. The monoisotopic (exact) mass is 239 g/mol. The molecule has 1 aliphatic rings. The third-order valence-electron chi connectivity index (χ3n) is 3.27. The highest BCUT2D eigenvalue weighted by Crippen LogP contribution is 2.29. The maximum Gasteiger partial charge on any atom is 0.0629 e. The molecule has 1 saturated heterocycles. The molecule has 1 aliphatic heterocycles. The summed E-state index contributed by atoms with van der Waals surface area (Å²) in [7, 11) is 0. The smallest absolute Gasteiger partial charge is 0.0629 e. The molecule has 0 unspecified atom stereocenters. The number of aliphatic hydroxyl groups excluding tert-OH is 1. The Balaban J connectivity index is 2.18. The first-order valence-electron chi connectivity index (χ1n) is 5.92. The number of halogens is 1. The average Bonchev–Trinajstić information content (AvgIpc) is 2.34. The molecule has 16 heavy (non-hydrogen) atoms. The Bertz CT molecular complexity index is 336. The van der Waals surface area contributed by atoms with Gasteiger partial charge in [0.2, 0.25) is 0 Å². The maximum atomic E-state index is 9.56. The molecule has 0 radical (unpaired) electrons. The zero-order valence-corrected chi connectivity index (χ0v) is 10.2. The summed E-state index contributed by atoms with van der Waals surface area (Å²) in [6, 6.07) is 7.88. The van der Waals surface area contributed by atoms with E-state index >= 15 is 0 Å².